The normalized spacial score (nSPS) is 15.7. The van der Waals surface area contributed by atoms with Crippen LogP contribution in [0.5, 0.6) is 5.75 Å². The van der Waals surface area contributed by atoms with Gasteiger partial charge in [-0.2, -0.15) is 4.98 Å². The lowest BCUT2D eigenvalue weighted by Crippen LogP contribution is -2.39. The van der Waals surface area contributed by atoms with E-state index in [1.165, 1.54) is 6.07 Å². The van der Waals surface area contributed by atoms with Gasteiger partial charge in [0.1, 0.15) is 11.6 Å². The van der Waals surface area contributed by atoms with E-state index in [1.54, 1.807) is 18.2 Å². The van der Waals surface area contributed by atoms with Gasteiger partial charge in [-0.1, -0.05) is 30.3 Å². The van der Waals surface area contributed by atoms with Crippen LogP contribution in [0.4, 0.5) is 24.9 Å². The van der Waals surface area contributed by atoms with Crippen molar-refractivity contribution in [2.45, 2.75) is 31.8 Å². The van der Waals surface area contributed by atoms with Gasteiger partial charge in [0, 0.05) is 50.7 Å². The second-order valence-electron chi connectivity index (χ2n) is 8.13. The molecule has 0 aliphatic carbocycles. The monoisotopic (exact) mass is 445 g/mol. The summed E-state index contributed by atoms with van der Waals surface area (Å²) in [5.74, 6) is 1.31. The van der Waals surface area contributed by atoms with Crippen molar-refractivity contribution in [2.75, 3.05) is 37.4 Å². The molecule has 2 aromatic carbocycles. The first-order valence-electron chi connectivity index (χ1n) is 10.5. The maximum Gasteiger partial charge on any atom is 0.573 e. The van der Waals surface area contributed by atoms with Crippen LogP contribution in [-0.4, -0.2) is 54.5 Å². The summed E-state index contributed by atoms with van der Waals surface area (Å²) >= 11 is 0. The van der Waals surface area contributed by atoms with E-state index in [4.69, 9.17) is 4.98 Å². The van der Waals surface area contributed by atoms with E-state index in [0.717, 1.165) is 42.7 Å². The van der Waals surface area contributed by atoms with Crippen molar-refractivity contribution in [2.24, 2.45) is 0 Å². The topological polar surface area (TPSA) is 53.5 Å². The Hall–Kier alpha value is -3.07. The molecule has 170 valence electrons. The molecule has 32 heavy (non-hydrogen) atoms. The summed E-state index contributed by atoms with van der Waals surface area (Å²) in [5, 5.41) is 4.44. The summed E-state index contributed by atoms with van der Waals surface area (Å²) in [6, 6.07) is 14.4. The van der Waals surface area contributed by atoms with Gasteiger partial charge >= 0.3 is 6.36 Å². The molecular weight excluding hydrogens is 419 g/mol. The molecule has 0 amide bonds. The molecule has 2 heterocycles. The summed E-state index contributed by atoms with van der Waals surface area (Å²) < 4.78 is 42.2. The lowest BCUT2D eigenvalue weighted by molar-refractivity contribution is -0.275. The van der Waals surface area contributed by atoms with E-state index >= 15 is 0 Å². The molecule has 0 atom stereocenters. The number of hydrogen-bond acceptors (Lipinski definition) is 6. The minimum atomic E-state index is -4.70. The standard InChI is InChI=1S/C23H26F3N5O/c1-30(2)21-18-8-4-5-9-19(18)28-22(29-21)27-17-11-13-31(14-12-17)15-16-7-3-6-10-20(16)32-23(24,25)26/h3-10,17H,11-15H2,1-2H3,(H,27,28,29). The van der Waals surface area contributed by atoms with Crippen molar-refractivity contribution in [1.82, 2.24) is 14.9 Å². The Balaban J connectivity index is 1.39. The first-order valence-corrected chi connectivity index (χ1v) is 10.5. The molecule has 0 radical (unpaired) electrons. The minimum Gasteiger partial charge on any atom is -0.405 e. The number of para-hydroxylation sites is 2. The molecule has 1 saturated heterocycles. The zero-order valence-corrected chi connectivity index (χ0v) is 18.1. The van der Waals surface area contributed by atoms with E-state index in [9.17, 15) is 13.2 Å². The Morgan fingerprint density at radius 2 is 1.72 bits per heavy atom. The number of aromatic nitrogens is 2. The van der Waals surface area contributed by atoms with Gasteiger partial charge in [0.05, 0.1) is 5.52 Å². The van der Waals surface area contributed by atoms with Gasteiger partial charge < -0.3 is 15.0 Å². The number of hydrogen-bond donors (Lipinski definition) is 1. The summed E-state index contributed by atoms with van der Waals surface area (Å²) in [6.07, 6.45) is -3.01. The van der Waals surface area contributed by atoms with Crippen LogP contribution < -0.4 is 15.0 Å². The number of fused-ring (bicyclic) bond motifs is 1. The van der Waals surface area contributed by atoms with Gasteiger partial charge in [-0.3, -0.25) is 4.90 Å². The Kier molecular flexibility index (Phi) is 6.36. The summed E-state index contributed by atoms with van der Waals surface area (Å²) in [7, 11) is 3.91. The van der Waals surface area contributed by atoms with Crippen LogP contribution in [0.3, 0.4) is 0 Å². The molecule has 1 fully saturated rings. The molecule has 1 aliphatic rings. The molecule has 0 spiro atoms. The van der Waals surface area contributed by atoms with Crippen molar-refractivity contribution < 1.29 is 17.9 Å². The second kappa shape index (κ2) is 9.20. The predicted molar refractivity (Wildman–Crippen MR) is 119 cm³/mol. The number of rotatable bonds is 6. The van der Waals surface area contributed by atoms with E-state index < -0.39 is 6.36 Å². The van der Waals surface area contributed by atoms with Gasteiger partial charge in [-0.15, -0.1) is 13.2 Å². The highest BCUT2D eigenvalue weighted by molar-refractivity contribution is 5.90. The van der Waals surface area contributed by atoms with Gasteiger partial charge in [0.15, 0.2) is 0 Å². The van der Waals surface area contributed by atoms with Gasteiger partial charge in [-0.25, -0.2) is 4.98 Å². The number of nitrogens with zero attached hydrogens (tertiary/aromatic N) is 4. The predicted octanol–water partition coefficient (Wildman–Crippen LogP) is 4.67. The zero-order chi connectivity index (χ0) is 22.7. The Bertz CT molecular complexity index is 1060. The molecule has 1 N–H and O–H groups in total. The molecule has 3 aromatic rings. The number of nitrogens with one attached hydrogen (secondary N) is 1. The fourth-order valence-electron chi connectivity index (χ4n) is 3.98. The molecule has 9 heteroatoms. The molecule has 6 nitrogen and oxygen atoms in total. The quantitative estimate of drug-likeness (QED) is 0.595. The average Bonchev–Trinajstić information content (AvgIpc) is 2.75. The zero-order valence-electron chi connectivity index (χ0n) is 18.1. The smallest absolute Gasteiger partial charge is 0.405 e. The van der Waals surface area contributed by atoms with E-state index in [2.05, 4.69) is 19.9 Å². The van der Waals surface area contributed by atoms with Gasteiger partial charge in [-0.05, 0) is 31.0 Å². The average molecular weight is 445 g/mol. The first-order chi connectivity index (χ1) is 15.3. The summed E-state index contributed by atoms with van der Waals surface area (Å²) in [5.41, 5.74) is 1.41. The maximum atomic E-state index is 12.7. The van der Waals surface area contributed by atoms with E-state index in [1.807, 2.05) is 43.3 Å². The molecule has 1 aromatic heterocycles. The van der Waals surface area contributed by atoms with E-state index in [0.29, 0.717) is 18.1 Å². The van der Waals surface area contributed by atoms with Crippen LogP contribution in [0.2, 0.25) is 0 Å². The summed E-state index contributed by atoms with van der Waals surface area (Å²) in [6.45, 7) is 1.93. The molecule has 4 rings (SSSR count). The third-order valence-electron chi connectivity index (χ3n) is 5.52. The van der Waals surface area contributed by atoms with E-state index in [-0.39, 0.29) is 11.8 Å². The van der Waals surface area contributed by atoms with Gasteiger partial charge in [0.2, 0.25) is 5.95 Å². The lowest BCUT2D eigenvalue weighted by Gasteiger charge is -2.32. The molecule has 0 unspecified atom stereocenters. The number of benzene rings is 2. The Morgan fingerprint density at radius 1 is 1.03 bits per heavy atom. The van der Waals surface area contributed by atoms with Crippen LogP contribution in [-0.2, 0) is 6.54 Å². The Labute approximate surface area is 185 Å². The van der Waals surface area contributed by atoms with Crippen molar-refractivity contribution in [3.63, 3.8) is 0 Å². The molecule has 1 aliphatic heterocycles. The highest BCUT2D eigenvalue weighted by Gasteiger charge is 2.32. The minimum absolute atomic E-state index is 0.138. The van der Waals surface area contributed by atoms with Crippen molar-refractivity contribution in [3.05, 3.63) is 54.1 Å². The highest BCUT2D eigenvalue weighted by atomic mass is 19.4. The molecule has 0 bridgehead atoms. The number of anilines is 2. The third kappa shape index (κ3) is 5.40. The molecular formula is C23H26F3N5O. The lowest BCUT2D eigenvalue weighted by atomic mass is 10.0. The van der Waals surface area contributed by atoms with Crippen LogP contribution in [0.25, 0.3) is 10.9 Å². The third-order valence-corrected chi connectivity index (χ3v) is 5.52. The highest BCUT2D eigenvalue weighted by Crippen LogP contribution is 2.29. The number of halogens is 3. The maximum absolute atomic E-state index is 12.7. The van der Waals surface area contributed by atoms with Crippen molar-refractivity contribution >= 4 is 22.7 Å². The Morgan fingerprint density at radius 3 is 2.44 bits per heavy atom. The number of ether oxygens (including phenoxy) is 1. The second-order valence-corrected chi connectivity index (χ2v) is 8.13. The first kappa shape index (κ1) is 22.1. The van der Waals surface area contributed by atoms with Crippen molar-refractivity contribution in [3.8, 4) is 5.75 Å². The summed E-state index contributed by atoms with van der Waals surface area (Å²) in [4.78, 5) is 13.5. The number of piperidine rings is 1. The fourth-order valence-corrected chi connectivity index (χ4v) is 3.98. The van der Waals surface area contributed by atoms with Gasteiger partial charge in [0.25, 0.3) is 0 Å². The largest absolute Gasteiger partial charge is 0.573 e. The molecule has 0 saturated carbocycles. The van der Waals surface area contributed by atoms with Crippen molar-refractivity contribution in [1.29, 1.82) is 0 Å². The van der Waals surface area contributed by atoms with Crippen LogP contribution in [0.1, 0.15) is 18.4 Å². The van der Waals surface area contributed by atoms with Crippen LogP contribution in [0.15, 0.2) is 48.5 Å². The SMILES string of the molecule is CN(C)c1nc(NC2CCN(Cc3ccccc3OC(F)(F)F)CC2)nc2ccccc12. The number of alkyl halides is 3. The fraction of sp³-hybridized carbons (Fsp3) is 0.391. The van der Waals surface area contributed by atoms with Crippen LogP contribution >= 0.6 is 0 Å². The van der Waals surface area contributed by atoms with Crippen LogP contribution in [0, 0.1) is 0 Å². The number of likely N-dealkylation sites (tertiary alicyclic amines) is 1.